The third kappa shape index (κ3) is 2.03. The molecule has 2 rings (SSSR count). The summed E-state index contributed by atoms with van der Waals surface area (Å²) in [5, 5.41) is 1.97. The van der Waals surface area contributed by atoms with Crippen molar-refractivity contribution >= 4 is 17.2 Å². The van der Waals surface area contributed by atoms with Gasteiger partial charge in [-0.05, 0) is 12.8 Å². The van der Waals surface area contributed by atoms with E-state index in [2.05, 4.69) is 4.98 Å². The molecule has 1 aromatic rings. The number of aromatic nitrogens is 1. The van der Waals surface area contributed by atoms with Crippen LogP contribution < -0.4 is 5.73 Å². The highest BCUT2D eigenvalue weighted by molar-refractivity contribution is 7.07. The maximum absolute atomic E-state index is 11.7. The minimum absolute atomic E-state index is 0.00329. The Bertz CT molecular complexity index is 338. The Morgan fingerprint density at radius 2 is 2.47 bits per heavy atom. The quantitative estimate of drug-likeness (QED) is 0.780. The molecule has 1 fully saturated rings. The summed E-state index contributed by atoms with van der Waals surface area (Å²) >= 11 is 1.54. The van der Waals surface area contributed by atoms with Crippen LogP contribution in [0.15, 0.2) is 10.9 Å². The van der Waals surface area contributed by atoms with E-state index >= 15 is 0 Å². The van der Waals surface area contributed by atoms with E-state index in [1.54, 1.807) is 21.7 Å². The predicted molar refractivity (Wildman–Crippen MR) is 59.5 cm³/mol. The second kappa shape index (κ2) is 4.28. The Morgan fingerprint density at radius 1 is 1.67 bits per heavy atom. The van der Waals surface area contributed by atoms with Crippen LogP contribution in [0.25, 0.3) is 0 Å². The number of rotatable bonds is 1. The Kier molecular flexibility index (Phi) is 3.02. The standard InChI is InChI=1S/C10H15N3OS/c1-13-9(14)4-2-3-7(11)10(13)8-5-15-6-12-8/h5-7,10H,2-4,11H2,1H3. The van der Waals surface area contributed by atoms with Gasteiger partial charge in [0, 0.05) is 24.9 Å². The summed E-state index contributed by atoms with van der Waals surface area (Å²) in [6.45, 7) is 0. The van der Waals surface area contributed by atoms with Crippen LogP contribution in [0.2, 0.25) is 0 Å². The number of carbonyl (C=O) groups excluding carboxylic acids is 1. The minimum Gasteiger partial charge on any atom is -0.336 e. The lowest BCUT2D eigenvalue weighted by Crippen LogP contribution is -2.39. The van der Waals surface area contributed by atoms with Crippen molar-refractivity contribution in [3.05, 3.63) is 16.6 Å². The number of nitrogens with two attached hydrogens (primary N) is 1. The van der Waals surface area contributed by atoms with Crippen LogP contribution in [0.4, 0.5) is 0 Å². The Balaban J connectivity index is 2.28. The molecule has 2 atom stereocenters. The molecule has 5 heteroatoms. The van der Waals surface area contributed by atoms with E-state index in [9.17, 15) is 4.79 Å². The summed E-state index contributed by atoms with van der Waals surface area (Å²) < 4.78 is 0. The van der Waals surface area contributed by atoms with Gasteiger partial charge in [0.25, 0.3) is 0 Å². The number of likely N-dealkylation sites (N-methyl/N-ethyl adjacent to an activating group) is 1. The van der Waals surface area contributed by atoms with Crippen molar-refractivity contribution in [1.82, 2.24) is 9.88 Å². The van der Waals surface area contributed by atoms with Crippen LogP contribution in [0, 0.1) is 0 Å². The van der Waals surface area contributed by atoms with Gasteiger partial charge in [0.2, 0.25) is 5.91 Å². The third-order valence-electron chi connectivity index (χ3n) is 2.90. The van der Waals surface area contributed by atoms with Crippen LogP contribution in [-0.4, -0.2) is 28.9 Å². The van der Waals surface area contributed by atoms with E-state index in [4.69, 9.17) is 5.73 Å². The molecule has 0 spiro atoms. The minimum atomic E-state index is -0.0498. The summed E-state index contributed by atoms with van der Waals surface area (Å²) in [5.74, 6) is 0.168. The van der Waals surface area contributed by atoms with Gasteiger partial charge >= 0.3 is 0 Å². The second-order valence-electron chi connectivity index (χ2n) is 3.92. The molecule has 0 radical (unpaired) electrons. The number of hydrogen-bond donors (Lipinski definition) is 1. The lowest BCUT2D eigenvalue weighted by Gasteiger charge is -2.28. The monoisotopic (exact) mass is 225 g/mol. The van der Waals surface area contributed by atoms with Crippen molar-refractivity contribution in [2.45, 2.75) is 31.3 Å². The van der Waals surface area contributed by atoms with Crippen molar-refractivity contribution < 1.29 is 4.79 Å². The first kappa shape index (κ1) is 10.6. The first-order valence-electron chi connectivity index (χ1n) is 5.09. The smallest absolute Gasteiger partial charge is 0.222 e. The summed E-state index contributed by atoms with van der Waals surface area (Å²) in [6, 6.07) is -0.0465. The molecule has 1 aliphatic rings. The van der Waals surface area contributed by atoms with Crippen LogP contribution in [-0.2, 0) is 4.79 Å². The number of hydrogen-bond acceptors (Lipinski definition) is 4. The van der Waals surface area contributed by atoms with Gasteiger partial charge in [0.1, 0.15) is 0 Å². The maximum Gasteiger partial charge on any atom is 0.222 e. The van der Waals surface area contributed by atoms with Crippen molar-refractivity contribution in [2.75, 3.05) is 7.05 Å². The zero-order valence-electron chi connectivity index (χ0n) is 8.72. The van der Waals surface area contributed by atoms with Gasteiger partial charge in [-0.3, -0.25) is 4.79 Å². The molecule has 2 heterocycles. The first-order valence-corrected chi connectivity index (χ1v) is 6.03. The number of amides is 1. The molecule has 1 aliphatic heterocycles. The van der Waals surface area contributed by atoms with E-state index in [0.29, 0.717) is 6.42 Å². The Hall–Kier alpha value is -0.940. The van der Waals surface area contributed by atoms with Crippen molar-refractivity contribution in [3.63, 3.8) is 0 Å². The highest BCUT2D eigenvalue weighted by atomic mass is 32.1. The molecule has 82 valence electrons. The van der Waals surface area contributed by atoms with E-state index in [1.165, 1.54) is 0 Å². The van der Waals surface area contributed by atoms with Gasteiger partial charge in [-0.15, -0.1) is 11.3 Å². The number of nitrogens with zero attached hydrogens (tertiary/aromatic N) is 2. The summed E-state index contributed by atoms with van der Waals surface area (Å²) in [6.07, 6.45) is 2.37. The number of carbonyl (C=O) groups is 1. The van der Waals surface area contributed by atoms with Gasteiger partial charge in [-0.25, -0.2) is 4.98 Å². The van der Waals surface area contributed by atoms with Crippen LogP contribution in [0.3, 0.4) is 0 Å². The van der Waals surface area contributed by atoms with Crippen molar-refractivity contribution in [2.24, 2.45) is 5.73 Å². The van der Waals surface area contributed by atoms with Gasteiger partial charge in [-0.1, -0.05) is 0 Å². The van der Waals surface area contributed by atoms with Crippen LogP contribution in [0.5, 0.6) is 0 Å². The molecule has 0 saturated carbocycles. The predicted octanol–water partition coefficient (Wildman–Crippen LogP) is 1.15. The Labute approximate surface area is 93.1 Å². The fourth-order valence-electron chi connectivity index (χ4n) is 2.05. The molecule has 1 aromatic heterocycles. The Morgan fingerprint density at radius 3 is 3.13 bits per heavy atom. The van der Waals surface area contributed by atoms with Gasteiger partial charge in [0.15, 0.2) is 0 Å². The maximum atomic E-state index is 11.7. The molecule has 2 N–H and O–H groups in total. The van der Waals surface area contributed by atoms with E-state index in [0.717, 1.165) is 18.5 Å². The normalized spacial score (nSPS) is 27.9. The molecule has 0 aromatic carbocycles. The van der Waals surface area contributed by atoms with E-state index in [-0.39, 0.29) is 18.0 Å². The van der Waals surface area contributed by atoms with Gasteiger partial charge in [0.05, 0.1) is 17.2 Å². The SMILES string of the molecule is CN1C(=O)CCCC(N)C1c1cscn1. The van der Waals surface area contributed by atoms with Crippen LogP contribution in [0.1, 0.15) is 31.0 Å². The molecule has 0 bridgehead atoms. The molecule has 15 heavy (non-hydrogen) atoms. The van der Waals surface area contributed by atoms with Crippen molar-refractivity contribution in [3.8, 4) is 0 Å². The fourth-order valence-corrected chi connectivity index (χ4v) is 2.63. The highest BCUT2D eigenvalue weighted by Gasteiger charge is 2.31. The van der Waals surface area contributed by atoms with Crippen LogP contribution >= 0.6 is 11.3 Å². The molecule has 2 unspecified atom stereocenters. The van der Waals surface area contributed by atoms with E-state index < -0.39 is 0 Å². The second-order valence-corrected chi connectivity index (χ2v) is 4.64. The molecule has 1 amide bonds. The lowest BCUT2D eigenvalue weighted by molar-refractivity contribution is -0.131. The molecule has 0 aliphatic carbocycles. The molecular formula is C10H15N3OS. The highest BCUT2D eigenvalue weighted by Crippen LogP contribution is 2.28. The summed E-state index contributed by atoms with van der Waals surface area (Å²) in [5.41, 5.74) is 8.80. The third-order valence-corrected chi connectivity index (χ3v) is 3.50. The van der Waals surface area contributed by atoms with Gasteiger partial charge in [-0.2, -0.15) is 0 Å². The largest absolute Gasteiger partial charge is 0.336 e. The number of likely N-dealkylation sites (tertiary alicyclic amines) is 1. The van der Waals surface area contributed by atoms with E-state index in [1.807, 2.05) is 12.4 Å². The van der Waals surface area contributed by atoms with Gasteiger partial charge < -0.3 is 10.6 Å². The number of thiazole rings is 1. The average Bonchev–Trinajstić information content (AvgIpc) is 2.67. The summed E-state index contributed by atoms with van der Waals surface area (Å²) in [7, 11) is 1.82. The zero-order chi connectivity index (χ0) is 10.8. The molecular weight excluding hydrogens is 210 g/mol. The summed E-state index contributed by atoms with van der Waals surface area (Å²) in [4.78, 5) is 17.7. The fraction of sp³-hybridized carbons (Fsp3) is 0.600. The average molecular weight is 225 g/mol. The molecule has 1 saturated heterocycles. The first-order chi connectivity index (χ1) is 7.20. The topological polar surface area (TPSA) is 59.2 Å². The van der Waals surface area contributed by atoms with Crippen molar-refractivity contribution in [1.29, 1.82) is 0 Å². The lowest BCUT2D eigenvalue weighted by atomic mass is 10.0. The molecule has 4 nitrogen and oxygen atoms in total. The zero-order valence-corrected chi connectivity index (χ0v) is 9.54.